The van der Waals surface area contributed by atoms with Crippen LogP contribution in [0.25, 0.3) is 22.4 Å². The molecule has 0 unspecified atom stereocenters. The van der Waals surface area contributed by atoms with Crippen molar-refractivity contribution in [1.29, 1.82) is 0 Å². The zero-order valence-electron chi connectivity index (χ0n) is 18.5. The number of carbonyl (C=O) groups is 2. The molecule has 5 aromatic rings. The number of aromatic nitrogens is 2. The Morgan fingerprint density at radius 2 is 1.25 bits per heavy atom. The molecule has 0 fully saturated rings. The molecule has 5 rings (SSSR count). The first-order valence-electron chi connectivity index (χ1n) is 10.8. The molecule has 1 heterocycles. The Labute approximate surface area is 221 Å². The highest BCUT2D eigenvalue weighted by molar-refractivity contribution is 6.35. The Balaban J connectivity index is 1.30. The predicted molar refractivity (Wildman–Crippen MR) is 145 cm³/mol. The zero-order valence-corrected chi connectivity index (χ0v) is 20.7. The fraction of sp³-hybridized carbons (Fsp3) is 0. The molecule has 0 atom stereocenters. The maximum absolute atomic E-state index is 12.5. The molecule has 0 aliphatic rings. The van der Waals surface area contributed by atoms with Crippen molar-refractivity contribution in [3.63, 3.8) is 0 Å². The Hall–Kier alpha value is -3.84. The minimum Gasteiger partial charge on any atom is -0.338 e. The number of H-pyrrole nitrogens is 1. The number of carbonyl (C=O) groups excluding carboxylic acids is 2. The Morgan fingerprint density at radius 1 is 0.639 bits per heavy atom. The summed E-state index contributed by atoms with van der Waals surface area (Å²) in [6.07, 6.45) is 0. The molecule has 36 heavy (non-hydrogen) atoms. The van der Waals surface area contributed by atoms with Gasteiger partial charge in [0.2, 0.25) is 0 Å². The number of amides is 2. The van der Waals surface area contributed by atoms with Crippen molar-refractivity contribution in [2.24, 2.45) is 0 Å². The first-order valence-corrected chi connectivity index (χ1v) is 11.9. The normalized spacial score (nSPS) is 10.9. The zero-order chi connectivity index (χ0) is 25.2. The van der Waals surface area contributed by atoms with Crippen molar-refractivity contribution in [2.75, 3.05) is 10.6 Å². The van der Waals surface area contributed by atoms with Crippen molar-refractivity contribution in [2.45, 2.75) is 0 Å². The summed E-state index contributed by atoms with van der Waals surface area (Å²) in [6.45, 7) is 0. The highest BCUT2D eigenvalue weighted by Crippen LogP contribution is 2.25. The Bertz CT molecular complexity index is 1580. The van der Waals surface area contributed by atoms with Gasteiger partial charge in [0.15, 0.2) is 0 Å². The molecule has 0 saturated carbocycles. The van der Waals surface area contributed by atoms with Crippen molar-refractivity contribution >= 4 is 69.0 Å². The third-order valence-corrected chi connectivity index (χ3v) is 6.08. The van der Waals surface area contributed by atoms with Crippen LogP contribution in [-0.4, -0.2) is 21.8 Å². The number of rotatable bonds is 5. The molecule has 0 aliphatic heterocycles. The van der Waals surface area contributed by atoms with Gasteiger partial charge in [-0.2, -0.15) is 0 Å². The number of anilines is 2. The van der Waals surface area contributed by atoms with Crippen LogP contribution in [0.4, 0.5) is 11.4 Å². The molecule has 0 spiro atoms. The van der Waals surface area contributed by atoms with Crippen LogP contribution in [0.2, 0.25) is 15.1 Å². The average Bonchev–Trinajstić information content (AvgIpc) is 3.28. The van der Waals surface area contributed by atoms with E-state index >= 15 is 0 Å². The Kier molecular flexibility index (Phi) is 6.65. The lowest BCUT2D eigenvalue weighted by Crippen LogP contribution is -2.11. The van der Waals surface area contributed by atoms with Gasteiger partial charge in [-0.1, -0.05) is 34.8 Å². The van der Waals surface area contributed by atoms with Crippen LogP contribution in [0.15, 0.2) is 84.9 Å². The molecular weight excluding hydrogens is 519 g/mol. The van der Waals surface area contributed by atoms with Crippen LogP contribution in [0.3, 0.4) is 0 Å². The van der Waals surface area contributed by atoms with Crippen molar-refractivity contribution in [3.05, 3.63) is 111 Å². The summed E-state index contributed by atoms with van der Waals surface area (Å²) in [7, 11) is 0. The van der Waals surface area contributed by atoms with Crippen molar-refractivity contribution in [1.82, 2.24) is 9.97 Å². The minimum atomic E-state index is -0.316. The van der Waals surface area contributed by atoms with Gasteiger partial charge in [-0.3, -0.25) is 9.59 Å². The summed E-state index contributed by atoms with van der Waals surface area (Å²) < 4.78 is 0. The largest absolute Gasteiger partial charge is 0.338 e. The van der Waals surface area contributed by atoms with E-state index in [2.05, 4.69) is 20.6 Å². The van der Waals surface area contributed by atoms with E-state index in [9.17, 15) is 9.59 Å². The molecule has 0 radical (unpaired) electrons. The summed E-state index contributed by atoms with van der Waals surface area (Å²) in [5.74, 6) is 0.109. The fourth-order valence-corrected chi connectivity index (χ4v) is 4.28. The highest BCUT2D eigenvalue weighted by Gasteiger charge is 2.11. The third-order valence-electron chi connectivity index (χ3n) is 5.39. The molecule has 4 aromatic carbocycles. The minimum absolute atomic E-state index is 0.233. The van der Waals surface area contributed by atoms with Gasteiger partial charge in [-0.05, 0) is 84.9 Å². The number of nitrogens with one attached hydrogen (secondary N) is 3. The lowest BCUT2D eigenvalue weighted by molar-refractivity contribution is 0.101. The lowest BCUT2D eigenvalue weighted by atomic mass is 10.1. The monoisotopic (exact) mass is 534 g/mol. The van der Waals surface area contributed by atoms with Gasteiger partial charge in [-0.15, -0.1) is 0 Å². The SMILES string of the molecule is O=C(Nc1ccc2nc(-c3ccc(NC(=O)c4cc(Cl)cc(Cl)c4)cc3)[nH]c2c1)c1ccc(Cl)cc1. The van der Waals surface area contributed by atoms with E-state index in [1.807, 2.05) is 24.3 Å². The van der Waals surface area contributed by atoms with Crippen LogP contribution in [0.1, 0.15) is 20.7 Å². The molecule has 3 N–H and O–H groups in total. The molecular formula is C27H17Cl3N4O2. The van der Waals surface area contributed by atoms with E-state index < -0.39 is 0 Å². The van der Waals surface area contributed by atoms with Gasteiger partial charge in [-0.25, -0.2) is 4.98 Å². The van der Waals surface area contributed by atoms with Gasteiger partial charge >= 0.3 is 0 Å². The van der Waals surface area contributed by atoms with E-state index in [4.69, 9.17) is 34.8 Å². The average molecular weight is 536 g/mol. The van der Waals surface area contributed by atoms with Crippen LogP contribution in [-0.2, 0) is 0 Å². The topological polar surface area (TPSA) is 86.9 Å². The van der Waals surface area contributed by atoms with Gasteiger partial charge in [0.05, 0.1) is 11.0 Å². The molecule has 0 aliphatic carbocycles. The van der Waals surface area contributed by atoms with Crippen LogP contribution >= 0.6 is 34.8 Å². The maximum atomic E-state index is 12.5. The second-order valence-corrected chi connectivity index (χ2v) is 9.28. The maximum Gasteiger partial charge on any atom is 0.255 e. The second kappa shape index (κ2) is 10.0. The molecule has 178 valence electrons. The third kappa shape index (κ3) is 5.36. The first-order chi connectivity index (χ1) is 17.3. The van der Waals surface area contributed by atoms with E-state index in [0.717, 1.165) is 16.6 Å². The number of fused-ring (bicyclic) bond motifs is 1. The van der Waals surface area contributed by atoms with Gasteiger partial charge < -0.3 is 15.6 Å². The molecule has 0 saturated heterocycles. The molecule has 1 aromatic heterocycles. The van der Waals surface area contributed by atoms with Gasteiger partial charge in [0.1, 0.15) is 5.82 Å². The Morgan fingerprint density at radius 3 is 1.94 bits per heavy atom. The van der Waals surface area contributed by atoms with Crippen LogP contribution < -0.4 is 10.6 Å². The summed E-state index contributed by atoms with van der Waals surface area (Å²) in [6, 6.07) is 24.1. The molecule has 9 heteroatoms. The van der Waals surface area contributed by atoms with Crippen molar-refractivity contribution in [3.8, 4) is 11.4 Å². The van der Waals surface area contributed by atoms with E-state index in [-0.39, 0.29) is 11.8 Å². The lowest BCUT2D eigenvalue weighted by Gasteiger charge is -2.07. The van der Waals surface area contributed by atoms with E-state index in [1.54, 1.807) is 60.7 Å². The standard InChI is InChI=1S/C27H17Cl3N4O2/c28-18-5-1-16(2-6-18)26(35)32-22-9-10-23-24(14-22)34-25(33-23)15-3-7-21(8-4-15)31-27(36)17-11-19(29)13-20(30)12-17/h1-14H,(H,31,36)(H,32,35)(H,33,34). The van der Waals surface area contributed by atoms with E-state index in [1.165, 1.54) is 0 Å². The molecule has 6 nitrogen and oxygen atoms in total. The predicted octanol–water partition coefficient (Wildman–Crippen LogP) is 7.69. The number of imidazole rings is 1. The van der Waals surface area contributed by atoms with Crippen LogP contribution in [0, 0.1) is 0 Å². The quantitative estimate of drug-likeness (QED) is 0.215. The summed E-state index contributed by atoms with van der Waals surface area (Å²) in [5.41, 5.74) is 4.49. The first kappa shape index (κ1) is 23.9. The second-order valence-electron chi connectivity index (χ2n) is 7.97. The number of hydrogen-bond acceptors (Lipinski definition) is 3. The smallest absolute Gasteiger partial charge is 0.255 e. The van der Waals surface area contributed by atoms with E-state index in [0.29, 0.717) is 43.4 Å². The number of hydrogen-bond donors (Lipinski definition) is 3. The van der Waals surface area contributed by atoms with Gasteiger partial charge in [0, 0.05) is 43.1 Å². The van der Waals surface area contributed by atoms with Crippen LogP contribution in [0.5, 0.6) is 0 Å². The summed E-state index contributed by atoms with van der Waals surface area (Å²) in [4.78, 5) is 32.9. The fourth-order valence-electron chi connectivity index (χ4n) is 3.63. The summed E-state index contributed by atoms with van der Waals surface area (Å²) >= 11 is 17.9. The number of benzene rings is 4. The highest BCUT2D eigenvalue weighted by atomic mass is 35.5. The molecule has 2 amide bonds. The van der Waals surface area contributed by atoms with Gasteiger partial charge in [0.25, 0.3) is 11.8 Å². The molecule has 0 bridgehead atoms. The van der Waals surface area contributed by atoms with Crippen molar-refractivity contribution < 1.29 is 9.59 Å². The number of halogens is 3. The summed E-state index contributed by atoms with van der Waals surface area (Å²) in [5, 5.41) is 7.05. The number of aromatic amines is 1. The number of nitrogens with zero attached hydrogens (tertiary/aromatic N) is 1.